The highest BCUT2D eigenvalue weighted by molar-refractivity contribution is 5.13. The highest BCUT2D eigenvalue weighted by atomic mass is 19.3. The van der Waals surface area contributed by atoms with Crippen LogP contribution in [0, 0.1) is 11.3 Å². The van der Waals surface area contributed by atoms with Gasteiger partial charge in [-0.3, -0.25) is 0 Å². The SMILES string of the molecule is CC(F)(F)c1ccc(CC2CC3(CNC3)C2)nn1. The summed E-state index contributed by atoms with van der Waals surface area (Å²) in [6.45, 7) is 3.11. The van der Waals surface area contributed by atoms with Gasteiger partial charge in [0.25, 0.3) is 5.92 Å². The maximum Gasteiger partial charge on any atom is 0.288 e. The smallest absolute Gasteiger partial charge is 0.288 e. The third kappa shape index (κ3) is 2.11. The summed E-state index contributed by atoms with van der Waals surface area (Å²) in [4.78, 5) is 0. The van der Waals surface area contributed by atoms with E-state index in [1.807, 2.05) is 0 Å². The Balaban J connectivity index is 1.57. The second-order valence-corrected chi connectivity index (χ2v) is 5.88. The molecule has 98 valence electrons. The van der Waals surface area contributed by atoms with Crippen molar-refractivity contribution < 1.29 is 8.78 Å². The lowest BCUT2D eigenvalue weighted by Crippen LogP contribution is -2.60. The molecule has 1 saturated heterocycles. The van der Waals surface area contributed by atoms with Gasteiger partial charge in [0.05, 0.1) is 5.69 Å². The number of nitrogens with zero attached hydrogens (tertiary/aromatic N) is 2. The first-order valence-corrected chi connectivity index (χ1v) is 6.39. The third-order valence-corrected chi connectivity index (χ3v) is 4.11. The predicted octanol–water partition coefficient (Wildman–Crippen LogP) is 2.13. The molecule has 1 spiro atoms. The molecule has 3 nitrogen and oxygen atoms in total. The lowest BCUT2D eigenvalue weighted by Gasteiger charge is -2.54. The largest absolute Gasteiger partial charge is 0.316 e. The monoisotopic (exact) mass is 253 g/mol. The number of alkyl halides is 2. The van der Waals surface area contributed by atoms with E-state index in [0.717, 1.165) is 32.1 Å². The highest BCUT2D eigenvalue weighted by Crippen LogP contribution is 2.49. The summed E-state index contributed by atoms with van der Waals surface area (Å²) in [5.41, 5.74) is 1.13. The molecule has 1 aliphatic heterocycles. The minimum Gasteiger partial charge on any atom is -0.316 e. The van der Waals surface area contributed by atoms with Gasteiger partial charge < -0.3 is 5.32 Å². The molecule has 2 heterocycles. The fourth-order valence-electron chi connectivity index (χ4n) is 3.08. The zero-order valence-electron chi connectivity index (χ0n) is 10.4. The lowest BCUT2D eigenvalue weighted by atomic mass is 9.57. The zero-order valence-corrected chi connectivity index (χ0v) is 10.4. The Morgan fingerprint density at radius 2 is 2.06 bits per heavy atom. The van der Waals surface area contributed by atoms with Crippen LogP contribution in [-0.2, 0) is 12.3 Å². The number of aromatic nitrogens is 2. The van der Waals surface area contributed by atoms with Crippen LogP contribution in [0.5, 0.6) is 0 Å². The molecule has 2 aliphatic rings. The number of nitrogens with one attached hydrogen (secondary N) is 1. The van der Waals surface area contributed by atoms with Crippen LogP contribution in [0.25, 0.3) is 0 Å². The number of rotatable bonds is 3. The van der Waals surface area contributed by atoms with E-state index >= 15 is 0 Å². The Morgan fingerprint density at radius 3 is 2.50 bits per heavy atom. The van der Waals surface area contributed by atoms with Crippen molar-refractivity contribution in [1.82, 2.24) is 15.5 Å². The molecule has 1 aromatic heterocycles. The predicted molar refractivity (Wildman–Crippen MR) is 63.3 cm³/mol. The summed E-state index contributed by atoms with van der Waals surface area (Å²) in [5.74, 6) is -2.25. The fraction of sp³-hybridized carbons (Fsp3) is 0.692. The van der Waals surface area contributed by atoms with Crippen LogP contribution in [0.4, 0.5) is 8.78 Å². The number of hydrogen-bond donors (Lipinski definition) is 1. The minimum atomic E-state index is -2.90. The average Bonchev–Trinajstić information content (AvgIpc) is 2.19. The first kappa shape index (κ1) is 12.0. The van der Waals surface area contributed by atoms with Crippen molar-refractivity contribution in [2.75, 3.05) is 13.1 Å². The molecule has 1 aromatic rings. The summed E-state index contributed by atoms with van der Waals surface area (Å²) in [7, 11) is 0. The fourth-order valence-corrected chi connectivity index (χ4v) is 3.08. The van der Waals surface area contributed by atoms with E-state index in [1.165, 1.54) is 18.9 Å². The molecule has 1 saturated carbocycles. The van der Waals surface area contributed by atoms with Crippen LogP contribution in [0.1, 0.15) is 31.2 Å². The summed E-state index contributed by atoms with van der Waals surface area (Å²) in [6.07, 6.45) is 3.32. The molecule has 1 N–H and O–H groups in total. The summed E-state index contributed by atoms with van der Waals surface area (Å²) < 4.78 is 25.9. The van der Waals surface area contributed by atoms with E-state index in [1.54, 1.807) is 6.07 Å². The van der Waals surface area contributed by atoms with E-state index < -0.39 is 5.92 Å². The molecule has 0 aromatic carbocycles. The molecule has 0 amide bonds. The molecule has 0 bridgehead atoms. The van der Waals surface area contributed by atoms with Gasteiger partial charge in [-0.15, -0.1) is 5.10 Å². The van der Waals surface area contributed by atoms with Gasteiger partial charge in [0.1, 0.15) is 5.69 Å². The second kappa shape index (κ2) is 3.95. The molecular weight excluding hydrogens is 236 g/mol. The van der Waals surface area contributed by atoms with Crippen LogP contribution >= 0.6 is 0 Å². The molecule has 0 radical (unpaired) electrons. The van der Waals surface area contributed by atoms with Crippen LogP contribution < -0.4 is 5.32 Å². The Hall–Kier alpha value is -1.10. The van der Waals surface area contributed by atoms with Crippen molar-refractivity contribution >= 4 is 0 Å². The maximum atomic E-state index is 13.0. The first-order chi connectivity index (χ1) is 8.47. The molecule has 5 heteroatoms. The van der Waals surface area contributed by atoms with Crippen LogP contribution in [0.15, 0.2) is 12.1 Å². The van der Waals surface area contributed by atoms with Crippen molar-refractivity contribution in [2.45, 2.75) is 32.1 Å². The van der Waals surface area contributed by atoms with Gasteiger partial charge in [-0.2, -0.15) is 13.9 Å². The molecule has 3 rings (SSSR count). The molecule has 0 atom stereocenters. The van der Waals surface area contributed by atoms with Crippen LogP contribution in [0.2, 0.25) is 0 Å². The minimum absolute atomic E-state index is 0.250. The van der Waals surface area contributed by atoms with E-state index in [0.29, 0.717) is 11.3 Å². The summed E-state index contributed by atoms with van der Waals surface area (Å²) in [5, 5.41) is 10.8. The summed E-state index contributed by atoms with van der Waals surface area (Å²) in [6, 6.07) is 3.07. The van der Waals surface area contributed by atoms with Gasteiger partial charge in [-0.1, -0.05) is 0 Å². The summed E-state index contributed by atoms with van der Waals surface area (Å²) >= 11 is 0. The van der Waals surface area contributed by atoms with Gasteiger partial charge in [-0.05, 0) is 42.7 Å². The van der Waals surface area contributed by atoms with Crippen molar-refractivity contribution in [1.29, 1.82) is 0 Å². The maximum absolute atomic E-state index is 13.0. The normalized spacial score (nSPS) is 22.6. The first-order valence-electron chi connectivity index (χ1n) is 6.39. The lowest BCUT2D eigenvalue weighted by molar-refractivity contribution is 0.000102. The Labute approximate surface area is 105 Å². The van der Waals surface area contributed by atoms with E-state index in [4.69, 9.17) is 0 Å². The molecule has 0 unspecified atom stereocenters. The van der Waals surface area contributed by atoms with Crippen LogP contribution in [0.3, 0.4) is 0 Å². The molecule has 1 aliphatic carbocycles. The average molecular weight is 253 g/mol. The van der Waals surface area contributed by atoms with Gasteiger partial charge in [0, 0.05) is 20.0 Å². The van der Waals surface area contributed by atoms with Gasteiger partial charge in [-0.25, -0.2) is 0 Å². The van der Waals surface area contributed by atoms with Gasteiger partial charge >= 0.3 is 0 Å². The standard InChI is InChI=1S/C13H17F2N3/c1-12(14,15)11-3-2-10(17-18-11)4-9-5-13(6-9)7-16-8-13/h2-3,9,16H,4-8H2,1H3. The van der Waals surface area contributed by atoms with E-state index in [-0.39, 0.29) is 5.69 Å². The Kier molecular flexibility index (Phi) is 2.62. The van der Waals surface area contributed by atoms with Gasteiger partial charge in [0.15, 0.2) is 0 Å². The number of halogens is 2. The van der Waals surface area contributed by atoms with Crippen molar-refractivity contribution in [3.8, 4) is 0 Å². The third-order valence-electron chi connectivity index (χ3n) is 4.11. The molecule has 2 fully saturated rings. The van der Waals surface area contributed by atoms with Gasteiger partial charge in [0.2, 0.25) is 0 Å². The van der Waals surface area contributed by atoms with Crippen LogP contribution in [-0.4, -0.2) is 23.3 Å². The van der Waals surface area contributed by atoms with Crippen molar-refractivity contribution in [2.24, 2.45) is 11.3 Å². The molecular formula is C13H17F2N3. The van der Waals surface area contributed by atoms with Crippen molar-refractivity contribution in [3.63, 3.8) is 0 Å². The quantitative estimate of drug-likeness (QED) is 0.896. The zero-order chi connectivity index (χ0) is 12.8. The van der Waals surface area contributed by atoms with E-state index in [2.05, 4.69) is 15.5 Å². The van der Waals surface area contributed by atoms with E-state index in [9.17, 15) is 8.78 Å². The number of hydrogen-bond acceptors (Lipinski definition) is 3. The highest BCUT2D eigenvalue weighted by Gasteiger charge is 2.48. The topological polar surface area (TPSA) is 37.8 Å². The van der Waals surface area contributed by atoms with Crippen molar-refractivity contribution in [3.05, 3.63) is 23.5 Å². The molecule has 18 heavy (non-hydrogen) atoms. The second-order valence-electron chi connectivity index (χ2n) is 5.88. The Bertz CT molecular complexity index is 427. The Morgan fingerprint density at radius 1 is 1.33 bits per heavy atom.